The lowest BCUT2D eigenvalue weighted by molar-refractivity contribution is -0.276. The standard InChI is InChI=1S/C23H21F9O2.CH4/c1-2-3-12-4-6-13(7-5-12)14-8-16(24)20(17(25)9-14)22(28,29)33-15-10-18(26)21(19(27)11-15)34-23(30,31)32;/h8-13H,2-7H2,1H3;1H4. The van der Waals surface area contributed by atoms with Gasteiger partial charge in [0.05, 0.1) is 0 Å². The van der Waals surface area contributed by atoms with E-state index in [2.05, 4.69) is 16.4 Å². The van der Waals surface area contributed by atoms with Crippen LogP contribution in [0.5, 0.6) is 11.5 Å². The molecule has 0 unspecified atom stereocenters. The SMILES string of the molecule is C.CCCC1CCC(c2cc(F)c(C(F)(F)Oc3cc(F)c(OC(F)(F)F)c(F)c3)c(F)c2)CC1. The summed E-state index contributed by atoms with van der Waals surface area (Å²) in [6.45, 7) is 2.06. The zero-order valence-corrected chi connectivity index (χ0v) is 17.9. The Hall–Kier alpha value is -2.59. The number of alkyl halides is 5. The molecule has 2 nitrogen and oxygen atoms in total. The molecule has 0 amide bonds. The molecule has 1 aliphatic rings. The molecule has 0 spiro atoms. The molecule has 0 saturated heterocycles. The molecule has 2 aromatic carbocycles. The van der Waals surface area contributed by atoms with Crippen LogP contribution in [-0.4, -0.2) is 6.36 Å². The summed E-state index contributed by atoms with van der Waals surface area (Å²) in [7, 11) is 0. The maximum atomic E-state index is 14.6. The van der Waals surface area contributed by atoms with Gasteiger partial charge in [0.25, 0.3) is 0 Å². The van der Waals surface area contributed by atoms with Gasteiger partial charge in [-0.1, -0.05) is 27.2 Å². The van der Waals surface area contributed by atoms with Crippen molar-refractivity contribution in [2.24, 2.45) is 5.92 Å². The van der Waals surface area contributed by atoms with E-state index >= 15 is 0 Å². The van der Waals surface area contributed by atoms with Gasteiger partial charge in [0, 0.05) is 12.1 Å². The Morgan fingerprint density at radius 1 is 0.771 bits per heavy atom. The van der Waals surface area contributed by atoms with E-state index in [1.165, 1.54) is 0 Å². The minimum atomic E-state index is -5.45. The van der Waals surface area contributed by atoms with Crippen LogP contribution in [0.1, 0.15) is 69.9 Å². The molecule has 0 bridgehead atoms. The third kappa shape index (κ3) is 6.98. The number of halogens is 9. The Morgan fingerprint density at radius 2 is 1.29 bits per heavy atom. The summed E-state index contributed by atoms with van der Waals surface area (Å²) in [5.74, 6) is -10.1. The summed E-state index contributed by atoms with van der Waals surface area (Å²) in [4.78, 5) is 0. The fraction of sp³-hybridized carbons (Fsp3) is 0.500. The van der Waals surface area contributed by atoms with Crippen molar-refractivity contribution in [3.8, 4) is 11.5 Å². The monoisotopic (exact) mass is 516 g/mol. The molecule has 1 aliphatic carbocycles. The lowest BCUT2D eigenvalue weighted by Gasteiger charge is -2.29. The van der Waals surface area contributed by atoms with Crippen LogP contribution < -0.4 is 9.47 Å². The van der Waals surface area contributed by atoms with Gasteiger partial charge in [-0.25, -0.2) is 17.6 Å². The Labute approximate surface area is 197 Å². The molecule has 0 atom stereocenters. The second-order valence-corrected chi connectivity index (χ2v) is 8.25. The Kier molecular flexibility index (Phi) is 8.99. The van der Waals surface area contributed by atoms with Crippen molar-refractivity contribution in [1.29, 1.82) is 0 Å². The van der Waals surface area contributed by atoms with Gasteiger partial charge >= 0.3 is 12.5 Å². The molecule has 2 aromatic rings. The summed E-state index contributed by atoms with van der Waals surface area (Å²) in [6, 6.07) is 1.53. The van der Waals surface area contributed by atoms with Crippen LogP contribution in [0.4, 0.5) is 39.5 Å². The number of benzene rings is 2. The second kappa shape index (κ2) is 11.0. The zero-order chi connectivity index (χ0) is 25.3. The van der Waals surface area contributed by atoms with Gasteiger partial charge in [-0.3, -0.25) is 0 Å². The molecule has 0 radical (unpaired) electrons. The summed E-state index contributed by atoms with van der Waals surface area (Å²) in [6.07, 6.45) is -5.09. The minimum absolute atomic E-state index is 0. The van der Waals surface area contributed by atoms with Gasteiger partial charge in [0.15, 0.2) is 11.6 Å². The number of hydrogen-bond acceptors (Lipinski definition) is 2. The van der Waals surface area contributed by atoms with Crippen molar-refractivity contribution < 1.29 is 49.0 Å². The van der Waals surface area contributed by atoms with E-state index in [1.807, 2.05) is 0 Å². The van der Waals surface area contributed by atoms with Crippen molar-refractivity contribution in [2.45, 2.75) is 71.3 Å². The molecular formula is C24H25F9O2. The highest BCUT2D eigenvalue weighted by molar-refractivity contribution is 5.37. The van der Waals surface area contributed by atoms with E-state index in [9.17, 15) is 39.5 Å². The van der Waals surface area contributed by atoms with Gasteiger partial charge in [0.2, 0.25) is 5.75 Å². The second-order valence-electron chi connectivity index (χ2n) is 8.25. The van der Waals surface area contributed by atoms with Crippen LogP contribution in [0.2, 0.25) is 0 Å². The first-order chi connectivity index (χ1) is 15.8. The molecule has 1 saturated carbocycles. The Balaban J connectivity index is 0.00000432. The third-order valence-corrected chi connectivity index (χ3v) is 5.81. The highest BCUT2D eigenvalue weighted by atomic mass is 19.4. The van der Waals surface area contributed by atoms with Crippen molar-refractivity contribution in [3.05, 3.63) is 58.7 Å². The van der Waals surface area contributed by atoms with Gasteiger partial charge < -0.3 is 9.47 Å². The molecule has 1 fully saturated rings. The van der Waals surface area contributed by atoms with Crippen LogP contribution in [0, 0.1) is 29.2 Å². The molecular weight excluding hydrogens is 491 g/mol. The minimum Gasteiger partial charge on any atom is -0.429 e. The first kappa shape index (κ1) is 28.6. The van der Waals surface area contributed by atoms with Crippen LogP contribution in [-0.2, 0) is 6.11 Å². The van der Waals surface area contributed by atoms with E-state index in [1.54, 1.807) is 0 Å². The fourth-order valence-corrected chi connectivity index (χ4v) is 4.31. The van der Waals surface area contributed by atoms with Crippen LogP contribution >= 0.6 is 0 Å². The quantitative estimate of drug-likeness (QED) is 0.342. The molecule has 35 heavy (non-hydrogen) atoms. The predicted molar refractivity (Wildman–Crippen MR) is 110 cm³/mol. The molecule has 0 aliphatic heterocycles. The van der Waals surface area contributed by atoms with Gasteiger partial charge in [0.1, 0.15) is 22.9 Å². The first-order valence-corrected chi connectivity index (χ1v) is 10.6. The Morgan fingerprint density at radius 3 is 1.74 bits per heavy atom. The van der Waals surface area contributed by atoms with E-state index < -0.39 is 52.8 Å². The largest absolute Gasteiger partial charge is 0.573 e. The molecule has 0 heterocycles. The maximum absolute atomic E-state index is 14.6. The van der Waals surface area contributed by atoms with Crippen molar-refractivity contribution in [3.63, 3.8) is 0 Å². The van der Waals surface area contributed by atoms with Crippen molar-refractivity contribution in [1.82, 2.24) is 0 Å². The molecule has 0 N–H and O–H groups in total. The van der Waals surface area contributed by atoms with Crippen molar-refractivity contribution in [2.75, 3.05) is 0 Å². The van der Waals surface area contributed by atoms with Crippen LogP contribution in [0.15, 0.2) is 24.3 Å². The predicted octanol–water partition coefficient (Wildman–Crippen LogP) is 8.98. The Bertz CT molecular complexity index is 967. The average molecular weight is 516 g/mol. The topological polar surface area (TPSA) is 18.5 Å². The number of ether oxygens (including phenoxy) is 2. The lowest BCUT2D eigenvalue weighted by Crippen LogP contribution is -2.26. The van der Waals surface area contributed by atoms with E-state index in [-0.39, 0.29) is 31.0 Å². The lowest BCUT2D eigenvalue weighted by atomic mass is 9.77. The van der Waals surface area contributed by atoms with Crippen molar-refractivity contribution >= 4 is 0 Å². The van der Waals surface area contributed by atoms with E-state index in [0.717, 1.165) is 37.8 Å². The molecule has 3 rings (SSSR count). The molecule has 0 aromatic heterocycles. The molecule has 196 valence electrons. The van der Waals surface area contributed by atoms with Crippen LogP contribution in [0.3, 0.4) is 0 Å². The number of rotatable bonds is 7. The maximum Gasteiger partial charge on any atom is 0.573 e. The highest BCUT2D eigenvalue weighted by Gasteiger charge is 2.42. The van der Waals surface area contributed by atoms with Gasteiger partial charge in [-0.15, -0.1) is 13.2 Å². The normalized spacial score (nSPS) is 18.7. The highest BCUT2D eigenvalue weighted by Crippen LogP contribution is 2.41. The van der Waals surface area contributed by atoms with E-state index in [0.29, 0.717) is 18.8 Å². The summed E-state index contributed by atoms with van der Waals surface area (Å²) < 4.78 is 130. The molecule has 11 heteroatoms. The summed E-state index contributed by atoms with van der Waals surface area (Å²) in [5, 5.41) is 0. The number of hydrogen-bond donors (Lipinski definition) is 0. The fourth-order valence-electron chi connectivity index (χ4n) is 4.31. The zero-order valence-electron chi connectivity index (χ0n) is 17.9. The summed E-state index contributed by atoms with van der Waals surface area (Å²) in [5.41, 5.74) is -1.57. The van der Waals surface area contributed by atoms with Gasteiger partial charge in [-0.2, -0.15) is 8.78 Å². The smallest absolute Gasteiger partial charge is 0.429 e. The summed E-state index contributed by atoms with van der Waals surface area (Å²) >= 11 is 0. The van der Waals surface area contributed by atoms with E-state index in [4.69, 9.17) is 0 Å². The van der Waals surface area contributed by atoms with Crippen LogP contribution in [0.25, 0.3) is 0 Å². The average Bonchev–Trinajstić information content (AvgIpc) is 2.70. The van der Waals surface area contributed by atoms with Gasteiger partial charge in [-0.05, 0) is 55.2 Å². The third-order valence-electron chi connectivity index (χ3n) is 5.81. The first-order valence-electron chi connectivity index (χ1n) is 10.6.